The lowest BCUT2D eigenvalue weighted by atomic mass is 10.1. The van der Waals surface area contributed by atoms with Crippen molar-refractivity contribution in [3.63, 3.8) is 0 Å². The molecule has 2 aliphatic heterocycles. The van der Waals surface area contributed by atoms with Crippen LogP contribution in [0.15, 0.2) is 30.5 Å². The molecular weight excluding hydrogens is 426 g/mol. The number of anilines is 1. The van der Waals surface area contributed by atoms with Gasteiger partial charge in [-0.1, -0.05) is 12.1 Å². The van der Waals surface area contributed by atoms with Crippen molar-refractivity contribution >= 4 is 17.9 Å². The second-order valence-electron chi connectivity index (χ2n) is 9.29. The van der Waals surface area contributed by atoms with Crippen LogP contribution in [-0.4, -0.2) is 73.9 Å². The van der Waals surface area contributed by atoms with E-state index in [1.54, 1.807) is 11.1 Å². The molecule has 0 saturated carbocycles. The number of aromatic nitrogens is 2. The molecule has 2 aromatic rings. The van der Waals surface area contributed by atoms with Gasteiger partial charge in [-0.15, -0.1) is 0 Å². The van der Waals surface area contributed by atoms with Gasteiger partial charge in [-0.3, -0.25) is 4.90 Å². The average Bonchev–Trinajstić information content (AvgIpc) is 3.21. The van der Waals surface area contributed by atoms with E-state index in [1.165, 1.54) is 4.90 Å². The number of carbonyl (C=O) groups is 2. The van der Waals surface area contributed by atoms with Gasteiger partial charge in [-0.05, 0) is 38.5 Å². The summed E-state index contributed by atoms with van der Waals surface area (Å²) in [4.78, 5) is 37.4. The van der Waals surface area contributed by atoms with Gasteiger partial charge in [0, 0.05) is 43.6 Å². The van der Waals surface area contributed by atoms with Gasteiger partial charge in [0.05, 0.1) is 18.8 Å². The zero-order valence-corrected chi connectivity index (χ0v) is 19.1. The van der Waals surface area contributed by atoms with E-state index in [4.69, 9.17) is 9.84 Å². The summed E-state index contributed by atoms with van der Waals surface area (Å²) >= 11 is 0. The first-order valence-electron chi connectivity index (χ1n) is 10.9. The molecule has 3 heterocycles. The van der Waals surface area contributed by atoms with Gasteiger partial charge in [-0.2, -0.15) is 0 Å². The van der Waals surface area contributed by atoms with E-state index < -0.39 is 23.9 Å². The van der Waals surface area contributed by atoms with Crippen LogP contribution in [0.5, 0.6) is 0 Å². The molecule has 1 saturated heterocycles. The summed E-state index contributed by atoms with van der Waals surface area (Å²) in [6.45, 7) is 8.18. The highest BCUT2D eigenvalue weighted by atomic mass is 16.6. The SMILES string of the molecule is CC(C)(C)OC(=O)N1Cc2cnc([C@@H](O)c3cccc(N4CCN(C(=O)O)CC4)c3)nc2C1. The van der Waals surface area contributed by atoms with E-state index in [0.717, 1.165) is 11.3 Å². The van der Waals surface area contributed by atoms with Crippen molar-refractivity contribution in [3.05, 3.63) is 53.1 Å². The Hall–Kier alpha value is -3.40. The van der Waals surface area contributed by atoms with Crippen molar-refractivity contribution in [2.24, 2.45) is 0 Å². The molecule has 0 spiro atoms. The van der Waals surface area contributed by atoms with Crippen molar-refractivity contribution in [2.45, 2.75) is 45.6 Å². The molecule has 2 amide bonds. The zero-order chi connectivity index (χ0) is 23.8. The van der Waals surface area contributed by atoms with Gasteiger partial charge in [0.2, 0.25) is 0 Å². The molecule has 2 N–H and O–H groups in total. The van der Waals surface area contributed by atoms with Crippen LogP contribution < -0.4 is 4.90 Å². The first-order chi connectivity index (χ1) is 15.6. The molecule has 1 atom stereocenters. The summed E-state index contributed by atoms with van der Waals surface area (Å²) < 4.78 is 5.44. The van der Waals surface area contributed by atoms with Gasteiger partial charge in [-0.25, -0.2) is 19.6 Å². The minimum absolute atomic E-state index is 0.271. The number of carbonyl (C=O) groups excluding carboxylic acids is 1. The van der Waals surface area contributed by atoms with E-state index in [9.17, 15) is 14.7 Å². The smallest absolute Gasteiger partial charge is 0.410 e. The molecule has 10 heteroatoms. The van der Waals surface area contributed by atoms with Gasteiger partial charge >= 0.3 is 12.2 Å². The Morgan fingerprint density at radius 3 is 2.48 bits per heavy atom. The van der Waals surface area contributed by atoms with E-state index in [0.29, 0.717) is 50.5 Å². The number of benzene rings is 1. The first kappa shape index (κ1) is 22.8. The monoisotopic (exact) mass is 455 g/mol. The van der Waals surface area contributed by atoms with Crippen molar-refractivity contribution in [1.82, 2.24) is 19.8 Å². The third-order valence-corrected chi connectivity index (χ3v) is 5.67. The lowest BCUT2D eigenvalue weighted by Crippen LogP contribution is -2.48. The molecule has 10 nitrogen and oxygen atoms in total. The fourth-order valence-electron chi connectivity index (χ4n) is 3.95. The zero-order valence-electron chi connectivity index (χ0n) is 19.1. The Bertz CT molecular complexity index is 1050. The molecule has 1 aromatic carbocycles. The molecule has 0 radical (unpaired) electrons. The maximum Gasteiger partial charge on any atom is 0.410 e. The van der Waals surface area contributed by atoms with Gasteiger partial charge in [0.1, 0.15) is 11.7 Å². The van der Waals surface area contributed by atoms with Crippen molar-refractivity contribution in [2.75, 3.05) is 31.1 Å². The average molecular weight is 456 g/mol. The predicted molar refractivity (Wildman–Crippen MR) is 120 cm³/mol. The molecule has 176 valence electrons. The number of hydrogen-bond acceptors (Lipinski definition) is 7. The lowest BCUT2D eigenvalue weighted by Gasteiger charge is -2.34. The highest BCUT2D eigenvalue weighted by Crippen LogP contribution is 2.28. The molecule has 0 bridgehead atoms. The van der Waals surface area contributed by atoms with Gasteiger partial charge in [0.15, 0.2) is 5.82 Å². The standard InChI is InChI=1S/C23H29N5O5/c1-23(2,3)33-22(32)28-13-16-12-24-20(25-18(16)14-28)19(29)15-5-4-6-17(11-15)26-7-9-27(10-8-26)21(30)31/h4-6,11-12,19,29H,7-10,13-14H2,1-3H3,(H,30,31)/t19-/m0/s1. The molecule has 0 aliphatic carbocycles. The van der Waals surface area contributed by atoms with Gasteiger partial charge in [0.25, 0.3) is 0 Å². The predicted octanol–water partition coefficient (Wildman–Crippen LogP) is 2.61. The summed E-state index contributed by atoms with van der Waals surface area (Å²) in [6, 6.07) is 7.49. The maximum absolute atomic E-state index is 12.4. The molecule has 1 fully saturated rings. The van der Waals surface area contributed by atoms with Crippen LogP contribution in [0.4, 0.5) is 15.3 Å². The number of nitrogens with zero attached hydrogens (tertiary/aromatic N) is 5. The Balaban J connectivity index is 1.45. The van der Waals surface area contributed by atoms with Crippen LogP contribution >= 0.6 is 0 Å². The normalized spacial score (nSPS) is 17.0. The van der Waals surface area contributed by atoms with Crippen molar-refractivity contribution in [3.8, 4) is 0 Å². The van der Waals surface area contributed by atoms with E-state index in [-0.39, 0.29) is 5.82 Å². The van der Waals surface area contributed by atoms with E-state index >= 15 is 0 Å². The van der Waals surface area contributed by atoms with Crippen molar-refractivity contribution in [1.29, 1.82) is 0 Å². The Labute approximate surface area is 192 Å². The number of aliphatic hydroxyl groups is 1. The maximum atomic E-state index is 12.4. The summed E-state index contributed by atoms with van der Waals surface area (Å²) in [6.07, 6.45) is -0.678. The Morgan fingerprint density at radius 1 is 1.09 bits per heavy atom. The number of aliphatic hydroxyl groups excluding tert-OH is 1. The largest absolute Gasteiger partial charge is 0.465 e. The van der Waals surface area contributed by atoms with Crippen LogP contribution in [0.25, 0.3) is 0 Å². The van der Waals surface area contributed by atoms with E-state index in [2.05, 4.69) is 14.9 Å². The number of hydrogen-bond donors (Lipinski definition) is 2. The second-order valence-corrected chi connectivity index (χ2v) is 9.29. The van der Waals surface area contributed by atoms with Crippen LogP contribution in [0.2, 0.25) is 0 Å². The summed E-state index contributed by atoms with van der Waals surface area (Å²) in [5, 5.41) is 20.1. The summed E-state index contributed by atoms with van der Waals surface area (Å²) in [5.41, 5.74) is 2.51. The van der Waals surface area contributed by atoms with Crippen LogP contribution in [0.3, 0.4) is 0 Å². The molecule has 1 aromatic heterocycles. The fraction of sp³-hybridized carbons (Fsp3) is 0.478. The van der Waals surface area contributed by atoms with Crippen LogP contribution in [-0.2, 0) is 17.8 Å². The minimum atomic E-state index is -1.02. The topological polar surface area (TPSA) is 119 Å². The number of piperazine rings is 1. The Kier molecular flexibility index (Phi) is 6.11. The van der Waals surface area contributed by atoms with Crippen molar-refractivity contribution < 1.29 is 24.5 Å². The molecular formula is C23H29N5O5. The number of ether oxygens (including phenoxy) is 1. The summed E-state index contributed by atoms with van der Waals surface area (Å²) in [7, 11) is 0. The molecule has 0 unspecified atom stereocenters. The third-order valence-electron chi connectivity index (χ3n) is 5.67. The van der Waals surface area contributed by atoms with Crippen LogP contribution in [0, 0.1) is 0 Å². The lowest BCUT2D eigenvalue weighted by molar-refractivity contribution is 0.0240. The molecule has 2 aliphatic rings. The quantitative estimate of drug-likeness (QED) is 0.725. The van der Waals surface area contributed by atoms with Crippen LogP contribution in [0.1, 0.15) is 49.5 Å². The number of carboxylic acid groups (broad SMARTS) is 1. The number of rotatable bonds is 3. The highest BCUT2D eigenvalue weighted by Gasteiger charge is 2.30. The molecule has 33 heavy (non-hydrogen) atoms. The Morgan fingerprint density at radius 2 is 1.82 bits per heavy atom. The number of fused-ring (bicyclic) bond motifs is 1. The summed E-state index contributed by atoms with van der Waals surface area (Å²) in [5.74, 6) is 0.271. The minimum Gasteiger partial charge on any atom is -0.465 e. The highest BCUT2D eigenvalue weighted by molar-refractivity contribution is 5.69. The van der Waals surface area contributed by atoms with E-state index in [1.807, 2.05) is 45.0 Å². The number of amides is 2. The second kappa shape index (κ2) is 8.86. The first-order valence-corrected chi connectivity index (χ1v) is 10.9. The third kappa shape index (κ3) is 5.16. The van der Waals surface area contributed by atoms with Gasteiger partial charge < -0.3 is 24.7 Å². The fourth-order valence-corrected chi connectivity index (χ4v) is 3.95. The molecule has 4 rings (SSSR count).